The lowest BCUT2D eigenvalue weighted by Gasteiger charge is -2.27. The molecule has 4 N–H and O–H groups in total. The van der Waals surface area contributed by atoms with E-state index < -0.39 is 36.2 Å². The fourth-order valence-corrected chi connectivity index (χ4v) is 2.41. The molecule has 1 aromatic rings. The van der Waals surface area contributed by atoms with Gasteiger partial charge in [-0.05, 0) is 19.1 Å². The van der Waals surface area contributed by atoms with Gasteiger partial charge < -0.3 is 25.4 Å². The highest BCUT2D eigenvalue weighted by atomic mass is 16.6. The molecule has 0 aromatic carbocycles. The Labute approximate surface area is 132 Å². The van der Waals surface area contributed by atoms with Crippen molar-refractivity contribution < 1.29 is 24.5 Å². The summed E-state index contributed by atoms with van der Waals surface area (Å²) in [7, 11) is 0. The third-order valence-electron chi connectivity index (χ3n) is 3.47. The molecule has 1 fully saturated rings. The van der Waals surface area contributed by atoms with Crippen molar-refractivity contribution in [2.24, 2.45) is 0 Å². The Bertz CT molecular complexity index is 658. The van der Waals surface area contributed by atoms with Gasteiger partial charge in [0.25, 0.3) is 0 Å². The summed E-state index contributed by atoms with van der Waals surface area (Å²) in [6.45, 7) is 1.42. The summed E-state index contributed by atoms with van der Waals surface area (Å²) in [5.74, 6) is -0.582. The van der Waals surface area contributed by atoms with Crippen molar-refractivity contribution in [2.75, 3.05) is 18.9 Å². The van der Waals surface area contributed by atoms with Crippen LogP contribution in [0.25, 0.3) is 0 Å². The zero-order chi connectivity index (χ0) is 17.0. The normalized spacial score (nSPS) is 27.4. The number of ether oxygens (including phenoxy) is 2. The first kappa shape index (κ1) is 17.1. The number of anilines is 1. The van der Waals surface area contributed by atoms with Gasteiger partial charge in [0.2, 0.25) is 0 Å². The maximum atomic E-state index is 12.1. The van der Waals surface area contributed by atoms with Crippen molar-refractivity contribution in [1.29, 1.82) is 0 Å². The van der Waals surface area contributed by atoms with E-state index >= 15 is 0 Å². The topological polar surface area (TPSA) is 137 Å². The van der Waals surface area contributed by atoms with Crippen LogP contribution in [0.15, 0.2) is 29.2 Å². The van der Waals surface area contributed by atoms with E-state index in [1.165, 1.54) is 18.3 Å². The second-order valence-electron chi connectivity index (χ2n) is 5.05. The predicted molar refractivity (Wildman–Crippen MR) is 79.2 cm³/mol. The molecule has 126 valence electrons. The molecular formula is C14H19N3O6. The third-order valence-corrected chi connectivity index (χ3v) is 3.47. The van der Waals surface area contributed by atoms with Crippen LogP contribution in [0.2, 0.25) is 0 Å². The van der Waals surface area contributed by atoms with Gasteiger partial charge in [-0.2, -0.15) is 4.98 Å². The number of aliphatic hydroxyl groups is 2. The number of carbonyl (C=O) groups is 1. The molecular weight excluding hydrogens is 306 g/mol. The van der Waals surface area contributed by atoms with Crippen molar-refractivity contribution >= 4 is 11.8 Å². The van der Waals surface area contributed by atoms with Gasteiger partial charge >= 0.3 is 11.7 Å². The molecule has 23 heavy (non-hydrogen) atoms. The van der Waals surface area contributed by atoms with E-state index in [2.05, 4.69) is 4.98 Å². The standard InChI is InChI=1S/C14H19N3O6/c1-2-22-12(20)3-5-14(7-9(19)10(8-18)23-14)17-6-4-11(15)16-13(17)21/h3-6,9-10,18-19H,2,7-8H2,1H3,(H2,15,16,21)/t9-,10+,14+/m0/s1. The van der Waals surface area contributed by atoms with Crippen LogP contribution in [-0.2, 0) is 20.0 Å². The van der Waals surface area contributed by atoms with Crippen LogP contribution in [0.1, 0.15) is 13.3 Å². The average molecular weight is 325 g/mol. The maximum absolute atomic E-state index is 12.1. The van der Waals surface area contributed by atoms with E-state index in [4.69, 9.17) is 15.2 Å². The first-order valence-electron chi connectivity index (χ1n) is 7.10. The zero-order valence-electron chi connectivity index (χ0n) is 12.6. The lowest BCUT2D eigenvalue weighted by Crippen LogP contribution is -2.41. The lowest BCUT2D eigenvalue weighted by molar-refractivity contribution is -0.137. The van der Waals surface area contributed by atoms with E-state index in [9.17, 15) is 19.8 Å². The van der Waals surface area contributed by atoms with E-state index in [1.54, 1.807) is 6.92 Å². The molecule has 2 rings (SSSR count). The van der Waals surface area contributed by atoms with Crippen molar-refractivity contribution in [3.63, 3.8) is 0 Å². The highest BCUT2D eigenvalue weighted by Gasteiger charge is 2.46. The molecule has 9 heteroatoms. The Hall–Kier alpha value is -2.23. The van der Waals surface area contributed by atoms with Crippen LogP contribution in [0.5, 0.6) is 0 Å². The number of esters is 1. The lowest BCUT2D eigenvalue weighted by atomic mass is 10.1. The summed E-state index contributed by atoms with van der Waals surface area (Å²) in [6.07, 6.45) is 1.82. The number of rotatable bonds is 5. The first-order chi connectivity index (χ1) is 10.9. The molecule has 0 spiro atoms. The largest absolute Gasteiger partial charge is 0.463 e. The van der Waals surface area contributed by atoms with Crippen LogP contribution >= 0.6 is 0 Å². The minimum Gasteiger partial charge on any atom is -0.463 e. The molecule has 0 unspecified atom stereocenters. The molecule has 3 atom stereocenters. The smallest absolute Gasteiger partial charge is 0.352 e. The molecule has 1 aliphatic heterocycles. The van der Waals surface area contributed by atoms with E-state index in [0.29, 0.717) is 0 Å². The molecule has 1 aromatic heterocycles. The maximum Gasteiger partial charge on any atom is 0.352 e. The van der Waals surface area contributed by atoms with Crippen molar-refractivity contribution in [3.8, 4) is 0 Å². The highest BCUT2D eigenvalue weighted by Crippen LogP contribution is 2.35. The van der Waals surface area contributed by atoms with Crippen molar-refractivity contribution in [3.05, 3.63) is 34.9 Å². The van der Waals surface area contributed by atoms with E-state index in [-0.39, 0.29) is 18.8 Å². The van der Waals surface area contributed by atoms with Crippen LogP contribution in [0.4, 0.5) is 5.82 Å². The summed E-state index contributed by atoms with van der Waals surface area (Å²) < 4.78 is 11.5. The van der Waals surface area contributed by atoms with Gasteiger partial charge in [-0.25, -0.2) is 9.59 Å². The van der Waals surface area contributed by atoms with Gasteiger partial charge in [0, 0.05) is 18.7 Å². The van der Waals surface area contributed by atoms with Crippen molar-refractivity contribution in [2.45, 2.75) is 31.3 Å². The zero-order valence-corrected chi connectivity index (χ0v) is 12.6. The SMILES string of the molecule is CCOC(=O)C=C[C@]1(n2ccc(N)nc2=O)C[C@H](O)[C@@H](CO)O1. The molecule has 0 radical (unpaired) electrons. The molecule has 0 saturated carbocycles. The molecule has 0 bridgehead atoms. The monoisotopic (exact) mass is 325 g/mol. The molecule has 0 aliphatic carbocycles. The van der Waals surface area contributed by atoms with Crippen LogP contribution < -0.4 is 11.4 Å². The van der Waals surface area contributed by atoms with Crippen LogP contribution in [0, 0.1) is 0 Å². The molecule has 1 saturated heterocycles. The molecule has 2 heterocycles. The minimum atomic E-state index is -1.46. The number of aliphatic hydroxyl groups excluding tert-OH is 2. The summed E-state index contributed by atoms with van der Waals surface area (Å²) in [5.41, 5.74) is 3.30. The summed E-state index contributed by atoms with van der Waals surface area (Å²) in [5, 5.41) is 19.3. The first-order valence-corrected chi connectivity index (χ1v) is 7.10. The highest BCUT2D eigenvalue weighted by molar-refractivity contribution is 5.82. The second kappa shape index (κ2) is 6.90. The van der Waals surface area contributed by atoms with E-state index in [1.807, 2.05) is 0 Å². The number of carbonyl (C=O) groups excluding carboxylic acids is 1. The third kappa shape index (κ3) is 3.58. The summed E-state index contributed by atoms with van der Waals surface area (Å²) in [4.78, 5) is 27.3. The number of aromatic nitrogens is 2. The quantitative estimate of drug-likeness (QED) is 0.450. The Kier molecular flexibility index (Phi) is 5.14. The summed E-state index contributed by atoms with van der Waals surface area (Å²) in [6, 6.07) is 1.39. The average Bonchev–Trinajstić information content (AvgIpc) is 2.82. The van der Waals surface area contributed by atoms with Gasteiger partial charge in [-0.1, -0.05) is 0 Å². The number of hydrogen-bond donors (Lipinski definition) is 3. The van der Waals surface area contributed by atoms with Gasteiger partial charge in [-0.15, -0.1) is 0 Å². The fourth-order valence-electron chi connectivity index (χ4n) is 2.41. The number of nitrogens with zero attached hydrogens (tertiary/aromatic N) is 2. The van der Waals surface area contributed by atoms with Gasteiger partial charge in [0.15, 0.2) is 5.72 Å². The Morgan fingerprint density at radius 3 is 3.00 bits per heavy atom. The second-order valence-corrected chi connectivity index (χ2v) is 5.05. The Morgan fingerprint density at radius 1 is 1.70 bits per heavy atom. The Balaban J connectivity index is 2.44. The predicted octanol–water partition coefficient (Wildman–Crippen LogP) is -1.26. The van der Waals surface area contributed by atoms with E-state index in [0.717, 1.165) is 10.6 Å². The Morgan fingerprint density at radius 2 is 2.43 bits per heavy atom. The van der Waals surface area contributed by atoms with Gasteiger partial charge in [-0.3, -0.25) is 4.57 Å². The minimum absolute atomic E-state index is 0.0352. The van der Waals surface area contributed by atoms with Gasteiger partial charge in [0.05, 0.1) is 19.3 Å². The van der Waals surface area contributed by atoms with Gasteiger partial charge in [0.1, 0.15) is 11.9 Å². The van der Waals surface area contributed by atoms with Crippen LogP contribution in [0.3, 0.4) is 0 Å². The number of hydrogen-bond acceptors (Lipinski definition) is 8. The molecule has 9 nitrogen and oxygen atoms in total. The fraction of sp³-hybridized carbons (Fsp3) is 0.500. The molecule has 0 amide bonds. The molecule has 1 aliphatic rings. The summed E-state index contributed by atoms with van der Waals surface area (Å²) >= 11 is 0. The number of nitrogen functional groups attached to an aromatic ring is 1. The van der Waals surface area contributed by atoms with Crippen LogP contribution in [-0.4, -0.2) is 51.2 Å². The van der Waals surface area contributed by atoms with Crippen molar-refractivity contribution in [1.82, 2.24) is 9.55 Å². The number of nitrogens with two attached hydrogens (primary N) is 1.